The summed E-state index contributed by atoms with van der Waals surface area (Å²) >= 11 is 5.19. The summed E-state index contributed by atoms with van der Waals surface area (Å²) in [5.41, 5.74) is 0. The van der Waals surface area contributed by atoms with E-state index < -0.39 is 6.04 Å². The lowest BCUT2D eigenvalue weighted by molar-refractivity contribution is -0.144. The van der Waals surface area contributed by atoms with E-state index in [9.17, 15) is 24.0 Å². The van der Waals surface area contributed by atoms with Crippen LogP contribution in [0, 0.1) is 5.92 Å². The SMILES string of the molecule is CCCCCCCCOC(=O)CCSCCC(CCCCC(=O)NC(CCSCCC(=O)OCCCCCC(C)C)C(=O)NCCN1CCCCC1)SCCC(=O)OCCCCCCCC. The van der Waals surface area contributed by atoms with Gasteiger partial charge in [-0.1, -0.05) is 124 Å². The molecule has 0 aromatic carbocycles. The van der Waals surface area contributed by atoms with Crippen LogP contribution in [0.3, 0.4) is 0 Å². The van der Waals surface area contributed by atoms with E-state index in [0.717, 1.165) is 95.3 Å². The van der Waals surface area contributed by atoms with Crippen molar-refractivity contribution in [3.05, 3.63) is 0 Å². The van der Waals surface area contributed by atoms with E-state index in [1.54, 1.807) is 35.3 Å². The Morgan fingerprint density at radius 3 is 1.59 bits per heavy atom. The van der Waals surface area contributed by atoms with Crippen molar-refractivity contribution in [2.24, 2.45) is 5.92 Å². The molecule has 1 fully saturated rings. The Bertz CT molecular complexity index is 1210. The standard InChI is InChI=1S/C52H97N3O8S3/c1-5-7-9-11-13-22-37-61-49(57)30-42-64-40-28-46(66-44-32-51(59)63-38-23-14-12-10-8-6-2)26-18-19-27-48(56)54-47(52(60)53-33-36-55-34-20-16-21-35-55)29-41-65-43-31-50(58)62-39-24-15-17-25-45(3)4/h45-47H,5-44H2,1-4H3,(H,53,60)(H,54,56). The van der Waals surface area contributed by atoms with Gasteiger partial charge in [0.2, 0.25) is 11.8 Å². The molecule has 0 saturated carbocycles. The van der Waals surface area contributed by atoms with Gasteiger partial charge in [0, 0.05) is 42.0 Å². The van der Waals surface area contributed by atoms with Crippen LogP contribution in [-0.4, -0.2) is 121 Å². The minimum Gasteiger partial charge on any atom is -0.466 e. The topological polar surface area (TPSA) is 140 Å². The van der Waals surface area contributed by atoms with Crippen LogP contribution in [-0.2, 0) is 38.2 Å². The van der Waals surface area contributed by atoms with Crippen LogP contribution in [0.2, 0.25) is 0 Å². The highest BCUT2D eigenvalue weighted by Gasteiger charge is 2.21. The third-order valence-corrected chi connectivity index (χ3v) is 15.3. The van der Waals surface area contributed by atoms with Gasteiger partial charge in [-0.25, -0.2) is 0 Å². The molecular formula is C52H97N3O8S3. The molecular weight excluding hydrogens is 891 g/mol. The molecule has 1 saturated heterocycles. The molecule has 1 aliphatic rings. The van der Waals surface area contributed by atoms with E-state index in [1.165, 1.54) is 77.0 Å². The van der Waals surface area contributed by atoms with E-state index in [0.29, 0.717) is 93.3 Å². The largest absolute Gasteiger partial charge is 0.466 e. The number of amides is 2. The first kappa shape index (κ1) is 62.4. The monoisotopic (exact) mass is 988 g/mol. The number of carbonyl (C=O) groups is 5. The molecule has 0 aliphatic carbocycles. The van der Waals surface area contributed by atoms with Crippen LogP contribution in [0.1, 0.15) is 207 Å². The van der Waals surface area contributed by atoms with Gasteiger partial charge in [0.05, 0.1) is 39.1 Å². The van der Waals surface area contributed by atoms with Crippen LogP contribution in [0.4, 0.5) is 0 Å². The van der Waals surface area contributed by atoms with Gasteiger partial charge in [0.15, 0.2) is 0 Å². The fourth-order valence-corrected chi connectivity index (χ4v) is 11.0. The van der Waals surface area contributed by atoms with Crippen molar-refractivity contribution in [1.29, 1.82) is 0 Å². The van der Waals surface area contributed by atoms with Crippen LogP contribution in [0.15, 0.2) is 0 Å². The Balaban J connectivity index is 2.59. The number of carbonyl (C=O) groups excluding carboxylic acids is 5. The van der Waals surface area contributed by atoms with Crippen molar-refractivity contribution in [1.82, 2.24) is 15.5 Å². The fourth-order valence-electron chi connectivity index (χ4n) is 7.76. The summed E-state index contributed by atoms with van der Waals surface area (Å²) in [6.07, 6.45) is 27.3. The van der Waals surface area contributed by atoms with E-state index in [2.05, 4.69) is 43.2 Å². The summed E-state index contributed by atoms with van der Waals surface area (Å²) < 4.78 is 16.4. The predicted octanol–water partition coefficient (Wildman–Crippen LogP) is 11.7. The summed E-state index contributed by atoms with van der Waals surface area (Å²) in [5.74, 6) is 3.61. The summed E-state index contributed by atoms with van der Waals surface area (Å²) in [6.45, 7) is 13.8. The van der Waals surface area contributed by atoms with Gasteiger partial charge in [0.25, 0.3) is 0 Å². The van der Waals surface area contributed by atoms with Gasteiger partial charge in [-0.3, -0.25) is 24.0 Å². The Kier molecular flexibility index (Phi) is 43.3. The number of ether oxygens (including phenoxy) is 3. The zero-order valence-electron chi connectivity index (χ0n) is 42.5. The van der Waals surface area contributed by atoms with Gasteiger partial charge in [-0.2, -0.15) is 35.3 Å². The highest BCUT2D eigenvalue weighted by Crippen LogP contribution is 2.25. The van der Waals surface area contributed by atoms with Crippen LogP contribution in [0.5, 0.6) is 0 Å². The average Bonchev–Trinajstić information content (AvgIpc) is 3.30. The number of nitrogens with one attached hydrogen (secondary N) is 2. The predicted molar refractivity (Wildman–Crippen MR) is 281 cm³/mol. The molecule has 0 bridgehead atoms. The fraction of sp³-hybridized carbons (Fsp3) is 0.904. The molecule has 2 atom stereocenters. The van der Waals surface area contributed by atoms with E-state index in [-0.39, 0.29) is 29.7 Å². The van der Waals surface area contributed by atoms with Gasteiger partial charge >= 0.3 is 17.9 Å². The number of hydrogen-bond acceptors (Lipinski definition) is 12. The number of unbranched alkanes of at least 4 members (excludes halogenated alkanes) is 13. The second-order valence-electron chi connectivity index (χ2n) is 18.5. The molecule has 11 nitrogen and oxygen atoms in total. The van der Waals surface area contributed by atoms with Gasteiger partial charge in [-0.15, -0.1) is 0 Å². The minimum atomic E-state index is -0.627. The van der Waals surface area contributed by atoms with Crippen molar-refractivity contribution < 1.29 is 38.2 Å². The van der Waals surface area contributed by atoms with Crippen molar-refractivity contribution in [3.8, 4) is 0 Å². The first-order chi connectivity index (χ1) is 32.1. The number of thioether (sulfide) groups is 3. The van der Waals surface area contributed by atoms with Crippen LogP contribution < -0.4 is 10.6 Å². The number of rotatable bonds is 46. The van der Waals surface area contributed by atoms with Crippen LogP contribution >= 0.6 is 35.3 Å². The molecule has 14 heteroatoms. The van der Waals surface area contributed by atoms with Crippen molar-refractivity contribution in [3.63, 3.8) is 0 Å². The van der Waals surface area contributed by atoms with Crippen molar-refractivity contribution in [2.45, 2.75) is 219 Å². The lowest BCUT2D eigenvalue weighted by Gasteiger charge is -2.26. The molecule has 2 N–H and O–H groups in total. The molecule has 386 valence electrons. The maximum absolute atomic E-state index is 13.4. The quantitative estimate of drug-likeness (QED) is 0.0341. The summed E-state index contributed by atoms with van der Waals surface area (Å²) in [7, 11) is 0. The normalized spacial score (nSPS) is 13.9. The number of hydrogen-bond donors (Lipinski definition) is 2. The number of piperidine rings is 1. The van der Waals surface area contributed by atoms with Crippen molar-refractivity contribution >= 4 is 65.0 Å². The van der Waals surface area contributed by atoms with E-state index in [4.69, 9.17) is 14.2 Å². The second kappa shape index (κ2) is 45.8. The molecule has 0 aromatic heterocycles. The molecule has 0 aromatic rings. The Morgan fingerprint density at radius 1 is 0.530 bits per heavy atom. The summed E-state index contributed by atoms with van der Waals surface area (Å²) in [6, 6.07) is -0.627. The van der Waals surface area contributed by atoms with Gasteiger partial charge < -0.3 is 29.7 Å². The zero-order valence-corrected chi connectivity index (χ0v) is 44.9. The third-order valence-electron chi connectivity index (χ3n) is 11.9. The first-order valence-electron chi connectivity index (χ1n) is 26.7. The Hall–Kier alpha value is -1.64. The van der Waals surface area contributed by atoms with Crippen LogP contribution in [0.25, 0.3) is 0 Å². The highest BCUT2D eigenvalue weighted by molar-refractivity contribution is 8.00. The lowest BCUT2D eigenvalue weighted by atomic mass is 10.1. The highest BCUT2D eigenvalue weighted by atomic mass is 32.2. The third kappa shape index (κ3) is 40.3. The van der Waals surface area contributed by atoms with Gasteiger partial charge in [0.1, 0.15) is 6.04 Å². The molecule has 1 rings (SSSR count). The number of nitrogens with zero attached hydrogens (tertiary/aromatic N) is 1. The molecule has 1 heterocycles. The maximum atomic E-state index is 13.4. The molecule has 1 aliphatic heterocycles. The first-order valence-corrected chi connectivity index (χ1v) is 30.0. The van der Waals surface area contributed by atoms with Crippen molar-refractivity contribution in [2.75, 3.05) is 74.8 Å². The number of likely N-dealkylation sites (tertiary alicyclic amines) is 1. The number of esters is 3. The minimum absolute atomic E-state index is 0.119. The molecule has 66 heavy (non-hydrogen) atoms. The molecule has 2 amide bonds. The zero-order chi connectivity index (χ0) is 48.1. The van der Waals surface area contributed by atoms with E-state index >= 15 is 0 Å². The lowest BCUT2D eigenvalue weighted by Crippen LogP contribution is -2.48. The maximum Gasteiger partial charge on any atom is 0.306 e. The average molecular weight is 989 g/mol. The smallest absolute Gasteiger partial charge is 0.306 e. The Morgan fingerprint density at radius 2 is 1.03 bits per heavy atom. The molecule has 2 unspecified atom stereocenters. The summed E-state index contributed by atoms with van der Waals surface area (Å²) in [4.78, 5) is 66.1. The van der Waals surface area contributed by atoms with Gasteiger partial charge in [-0.05, 0) is 88.3 Å². The summed E-state index contributed by atoms with van der Waals surface area (Å²) in [5, 5.41) is 6.45. The molecule has 0 spiro atoms. The Labute approximate surface area is 416 Å². The molecule has 0 radical (unpaired) electrons. The van der Waals surface area contributed by atoms with E-state index in [1.807, 2.05) is 0 Å². The second-order valence-corrected chi connectivity index (χ2v) is 22.4.